The Labute approximate surface area is 237 Å². The number of fused-ring (bicyclic) bond motifs is 1. The Bertz CT molecular complexity index is 1440. The number of hydrogen-bond donors (Lipinski definition) is 2. The lowest BCUT2D eigenvalue weighted by Gasteiger charge is -2.21. The molecule has 0 spiro atoms. The van der Waals surface area contributed by atoms with Gasteiger partial charge in [0.25, 0.3) is 5.91 Å². The molecule has 1 amide bonds. The number of aromatic nitrogens is 2. The van der Waals surface area contributed by atoms with Crippen LogP contribution in [0.3, 0.4) is 0 Å². The van der Waals surface area contributed by atoms with Crippen molar-refractivity contribution in [3.8, 4) is 17.0 Å². The number of nitrogens with zero attached hydrogens (tertiary/aromatic N) is 2. The Morgan fingerprint density at radius 2 is 1.85 bits per heavy atom. The standard InChI is InChI=1S/C29H30ClF3N4O2.CH4/c1-18(2)39-26-11-10-22(14-24(26)30)28(38)35-23(15-34-17-29(31,32)33)13-20-6-8-21(9-7-20)25-16-37-12-4-5-19(3)27(37)36-25;/h4-12,14,16,18,23,34H,13,15,17H2,1-3H3,(H,35,38);1H4/t23-;/m0./s1. The minimum atomic E-state index is -4.36. The lowest BCUT2D eigenvalue weighted by atomic mass is 10.0. The molecule has 2 N–H and O–H groups in total. The van der Waals surface area contributed by atoms with Crippen LogP contribution in [0.2, 0.25) is 5.02 Å². The van der Waals surface area contributed by atoms with Gasteiger partial charge in [-0.3, -0.25) is 4.79 Å². The molecule has 2 aromatic heterocycles. The van der Waals surface area contributed by atoms with Crippen LogP contribution in [0, 0.1) is 6.92 Å². The van der Waals surface area contributed by atoms with Crippen molar-refractivity contribution in [2.75, 3.05) is 13.1 Å². The van der Waals surface area contributed by atoms with Gasteiger partial charge in [0.2, 0.25) is 0 Å². The van der Waals surface area contributed by atoms with Gasteiger partial charge < -0.3 is 19.8 Å². The van der Waals surface area contributed by atoms with Crippen molar-refractivity contribution >= 4 is 23.2 Å². The number of carbonyl (C=O) groups excluding carboxylic acids is 1. The van der Waals surface area contributed by atoms with Gasteiger partial charge in [0.05, 0.1) is 23.4 Å². The van der Waals surface area contributed by atoms with Gasteiger partial charge in [-0.2, -0.15) is 13.2 Å². The van der Waals surface area contributed by atoms with Crippen LogP contribution in [-0.4, -0.2) is 46.7 Å². The smallest absolute Gasteiger partial charge is 0.401 e. The van der Waals surface area contributed by atoms with E-state index in [1.165, 1.54) is 6.07 Å². The van der Waals surface area contributed by atoms with Crippen molar-refractivity contribution < 1.29 is 22.7 Å². The first-order chi connectivity index (χ1) is 18.5. The van der Waals surface area contributed by atoms with Gasteiger partial charge in [0.15, 0.2) is 0 Å². The number of amides is 1. The molecule has 0 radical (unpaired) electrons. The predicted octanol–water partition coefficient (Wildman–Crippen LogP) is 6.88. The van der Waals surface area contributed by atoms with Gasteiger partial charge in [-0.1, -0.05) is 49.4 Å². The maximum Gasteiger partial charge on any atom is 0.401 e. The van der Waals surface area contributed by atoms with Crippen LogP contribution in [-0.2, 0) is 6.42 Å². The van der Waals surface area contributed by atoms with E-state index in [2.05, 4.69) is 10.6 Å². The number of hydrogen-bond acceptors (Lipinski definition) is 4. The van der Waals surface area contributed by atoms with Crippen LogP contribution in [0.1, 0.15) is 42.8 Å². The molecule has 6 nitrogen and oxygen atoms in total. The minimum absolute atomic E-state index is 0. The first-order valence-corrected chi connectivity index (χ1v) is 12.9. The average Bonchev–Trinajstić information content (AvgIpc) is 3.30. The summed E-state index contributed by atoms with van der Waals surface area (Å²) in [7, 11) is 0. The van der Waals surface area contributed by atoms with Crippen molar-refractivity contribution in [1.82, 2.24) is 20.0 Å². The summed E-state index contributed by atoms with van der Waals surface area (Å²) in [6.45, 7) is 4.50. The fourth-order valence-corrected chi connectivity index (χ4v) is 4.44. The molecule has 0 aliphatic rings. The predicted molar refractivity (Wildman–Crippen MR) is 153 cm³/mol. The summed E-state index contributed by atoms with van der Waals surface area (Å²) in [6.07, 6.45) is -0.239. The first-order valence-electron chi connectivity index (χ1n) is 12.6. The molecule has 0 unspecified atom stereocenters. The summed E-state index contributed by atoms with van der Waals surface area (Å²) in [5.74, 6) is 0.0102. The Kier molecular flexibility index (Phi) is 10.2. The number of nitrogens with one attached hydrogen (secondary N) is 2. The van der Waals surface area contributed by atoms with E-state index in [1.54, 1.807) is 12.1 Å². The molecule has 4 rings (SSSR count). The molecule has 214 valence electrons. The fourth-order valence-electron chi connectivity index (χ4n) is 4.21. The molecular weight excluding hydrogens is 541 g/mol. The monoisotopic (exact) mass is 574 g/mol. The SMILES string of the molecule is C.Cc1cccn2cc(-c3ccc(C[C@@H](CNCC(F)(F)F)NC(=O)c4ccc(OC(C)C)c(Cl)c4)cc3)nc12. The molecule has 0 aliphatic carbocycles. The second-order valence-corrected chi connectivity index (χ2v) is 10.1. The van der Waals surface area contributed by atoms with Gasteiger partial charge in [-0.15, -0.1) is 0 Å². The van der Waals surface area contributed by atoms with Crippen molar-refractivity contribution in [2.45, 2.75) is 52.9 Å². The summed E-state index contributed by atoms with van der Waals surface area (Å²) in [5.41, 5.74) is 4.81. The molecule has 2 heterocycles. The molecule has 1 atom stereocenters. The number of imidazole rings is 1. The summed E-state index contributed by atoms with van der Waals surface area (Å²) >= 11 is 6.27. The lowest BCUT2D eigenvalue weighted by Crippen LogP contribution is -2.45. The van der Waals surface area contributed by atoms with Crippen LogP contribution in [0.4, 0.5) is 13.2 Å². The highest BCUT2D eigenvalue weighted by molar-refractivity contribution is 6.32. The molecule has 40 heavy (non-hydrogen) atoms. The topological polar surface area (TPSA) is 67.7 Å². The summed E-state index contributed by atoms with van der Waals surface area (Å²) < 4.78 is 45.8. The fraction of sp³-hybridized carbons (Fsp3) is 0.333. The van der Waals surface area contributed by atoms with E-state index >= 15 is 0 Å². The minimum Gasteiger partial charge on any atom is -0.489 e. The molecule has 0 aliphatic heterocycles. The maximum atomic E-state index is 13.0. The zero-order valence-electron chi connectivity index (χ0n) is 21.8. The van der Waals surface area contributed by atoms with Crippen LogP contribution in [0.25, 0.3) is 16.9 Å². The molecule has 0 fully saturated rings. The summed E-state index contributed by atoms with van der Waals surface area (Å²) in [6, 6.07) is 15.6. The Balaban J connectivity index is 0.00000441. The second-order valence-electron chi connectivity index (χ2n) is 9.68. The molecule has 10 heteroatoms. The third-order valence-electron chi connectivity index (χ3n) is 6.02. The van der Waals surface area contributed by atoms with Gasteiger partial charge in [-0.25, -0.2) is 4.98 Å². The average molecular weight is 575 g/mol. The quantitative estimate of drug-likeness (QED) is 0.217. The van der Waals surface area contributed by atoms with Gasteiger partial charge in [-0.05, 0) is 62.6 Å². The maximum absolute atomic E-state index is 13.0. The number of alkyl halides is 3. The van der Waals surface area contributed by atoms with E-state index in [4.69, 9.17) is 21.3 Å². The van der Waals surface area contributed by atoms with E-state index in [0.717, 1.165) is 28.0 Å². The first kappa shape index (κ1) is 31.0. The third-order valence-corrected chi connectivity index (χ3v) is 6.31. The van der Waals surface area contributed by atoms with E-state index in [0.29, 0.717) is 12.2 Å². The van der Waals surface area contributed by atoms with Crippen LogP contribution in [0.5, 0.6) is 5.75 Å². The number of rotatable bonds is 10. The number of halogens is 4. The van der Waals surface area contributed by atoms with Crippen LogP contribution < -0.4 is 15.4 Å². The number of carbonyl (C=O) groups is 1. The molecule has 2 aromatic carbocycles. The van der Waals surface area contributed by atoms with Gasteiger partial charge >= 0.3 is 6.18 Å². The highest BCUT2D eigenvalue weighted by atomic mass is 35.5. The van der Waals surface area contributed by atoms with E-state index in [-0.39, 0.29) is 30.7 Å². The van der Waals surface area contributed by atoms with Crippen molar-refractivity contribution in [3.63, 3.8) is 0 Å². The largest absolute Gasteiger partial charge is 0.489 e. The highest BCUT2D eigenvalue weighted by Gasteiger charge is 2.27. The Hall–Kier alpha value is -3.56. The second kappa shape index (κ2) is 13.2. The number of benzene rings is 2. The Morgan fingerprint density at radius 3 is 2.48 bits per heavy atom. The molecule has 0 saturated heterocycles. The zero-order chi connectivity index (χ0) is 28.2. The number of pyridine rings is 1. The van der Waals surface area contributed by atoms with E-state index in [1.807, 2.05) is 74.0 Å². The highest BCUT2D eigenvalue weighted by Crippen LogP contribution is 2.27. The van der Waals surface area contributed by atoms with E-state index < -0.39 is 24.7 Å². The number of ether oxygens (including phenoxy) is 1. The molecule has 4 aromatic rings. The lowest BCUT2D eigenvalue weighted by molar-refractivity contribution is -0.124. The van der Waals surface area contributed by atoms with Crippen molar-refractivity contribution in [2.24, 2.45) is 0 Å². The van der Waals surface area contributed by atoms with Crippen LogP contribution >= 0.6 is 11.6 Å². The summed E-state index contributed by atoms with van der Waals surface area (Å²) in [4.78, 5) is 17.7. The van der Waals surface area contributed by atoms with Crippen LogP contribution in [0.15, 0.2) is 67.0 Å². The normalized spacial score (nSPS) is 12.3. The Morgan fingerprint density at radius 1 is 1.12 bits per heavy atom. The summed E-state index contributed by atoms with van der Waals surface area (Å²) in [5, 5.41) is 5.52. The van der Waals surface area contributed by atoms with Gasteiger partial charge in [0, 0.05) is 36.1 Å². The number of aryl methyl sites for hydroxylation is 1. The van der Waals surface area contributed by atoms with Crippen molar-refractivity contribution in [1.29, 1.82) is 0 Å². The van der Waals surface area contributed by atoms with E-state index in [9.17, 15) is 18.0 Å². The van der Waals surface area contributed by atoms with Gasteiger partial charge in [0.1, 0.15) is 11.4 Å². The van der Waals surface area contributed by atoms with Crippen molar-refractivity contribution in [3.05, 3.63) is 88.7 Å². The molecular formula is C30H34ClF3N4O2. The molecule has 0 bridgehead atoms. The zero-order valence-corrected chi connectivity index (χ0v) is 22.6. The third kappa shape index (κ3) is 8.22. The molecule has 0 saturated carbocycles.